The van der Waals surface area contributed by atoms with E-state index >= 15 is 0 Å². The second kappa shape index (κ2) is 10.9. The van der Waals surface area contributed by atoms with E-state index in [-0.39, 0.29) is 18.3 Å². The Bertz CT molecular complexity index is 1230. The number of benzene rings is 3. The molecule has 0 aliphatic rings. The summed E-state index contributed by atoms with van der Waals surface area (Å²) < 4.78 is 13.1. The molecule has 0 atom stereocenters. The summed E-state index contributed by atoms with van der Waals surface area (Å²) in [6, 6.07) is 24.1. The van der Waals surface area contributed by atoms with Crippen molar-refractivity contribution in [1.82, 2.24) is 14.8 Å². The fraction of sp³-hybridized carbons (Fsp3) is 0.125. The van der Waals surface area contributed by atoms with Crippen molar-refractivity contribution in [2.24, 2.45) is 0 Å². The number of halogens is 1. The third-order valence-electron chi connectivity index (χ3n) is 4.60. The summed E-state index contributed by atoms with van der Waals surface area (Å²) in [7, 11) is 1.61. The van der Waals surface area contributed by atoms with E-state index in [1.54, 1.807) is 19.2 Å². The number of anilines is 1. The van der Waals surface area contributed by atoms with Gasteiger partial charge >= 0.3 is 0 Å². The van der Waals surface area contributed by atoms with Crippen LogP contribution in [-0.4, -0.2) is 33.5 Å². The Balaban J connectivity index is 1.54. The number of carbonyl (C=O) groups is 1. The molecule has 168 valence electrons. The van der Waals surface area contributed by atoms with Gasteiger partial charge in [0.25, 0.3) is 0 Å². The van der Waals surface area contributed by atoms with Crippen LogP contribution in [0.5, 0.6) is 11.5 Å². The number of nitrogens with zero attached hydrogens (tertiary/aromatic N) is 3. The van der Waals surface area contributed by atoms with E-state index in [9.17, 15) is 4.79 Å². The Kier molecular flexibility index (Phi) is 7.49. The molecule has 9 heteroatoms. The number of ether oxygens (including phenoxy) is 2. The number of amides is 1. The van der Waals surface area contributed by atoms with Crippen LogP contribution in [0, 0.1) is 0 Å². The fourth-order valence-electron chi connectivity index (χ4n) is 3.04. The quantitative estimate of drug-likeness (QED) is 0.330. The molecular formula is C24H21ClN4O3S. The number of para-hydroxylation sites is 2. The van der Waals surface area contributed by atoms with Crippen molar-refractivity contribution in [3.8, 4) is 17.2 Å². The van der Waals surface area contributed by atoms with Crippen molar-refractivity contribution in [3.63, 3.8) is 0 Å². The SMILES string of the molecule is COc1cccc(-n2c(COc3ccccc3)nnc2SCC(=O)Nc2ccccc2Cl)c1. The van der Waals surface area contributed by atoms with Gasteiger partial charge in [0.1, 0.15) is 18.1 Å². The monoisotopic (exact) mass is 480 g/mol. The van der Waals surface area contributed by atoms with Gasteiger partial charge in [0.05, 0.1) is 29.3 Å². The maximum Gasteiger partial charge on any atom is 0.234 e. The lowest BCUT2D eigenvalue weighted by atomic mass is 10.3. The van der Waals surface area contributed by atoms with Crippen LogP contribution in [0.2, 0.25) is 5.02 Å². The predicted octanol–water partition coefficient (Wildman–Crippen LogP) is 5.24. The molecular weight excluding hydrogens is 460 g/mol. The lowest BCUT2D eigenvalue weighted by molar-refractivity contribution is -0.113. The molecule has 0 unspecified atom stereocenters. The highest BCUT2D eigenvalue weighted by Crippen LogP contribution is 2.26. The molecule has 0 bridgehead atoms. The summed E-state index contributed by atoms with van der Waals surface area (Å²) in [5.74, 6) is 1.96. The molecule has 0 aliphatic carbocycles. The van der Waals surface area contributed by atoms with Crippen molar-refractivity contribution in [2.75, 3.05) is 18.2 Å². The standard InChI is InChI=1S/C24H21ClN4O3S/c1-31-19-11-7-8-17(14-19)29-22(15-32-18-9-3-2-4-10-18)27-28-24(29)33-16-23(30)26-21-13-6-5-12-20(21)25/h2-14H,15-16H2,1H3,(H,26,30). The van der Waals surface area contributed by atoms with E-state index in [0.717, 1.165) is 11.4 Å². The van der Waals surface area contributed by atoms with Crippen molar-refractivity contribution in [3.05, 3.63) is 89.7 Å². The number of hydrogen-bond donors (Lipinski definition) is 1. The average Bonchev–Trinajstić information content (AvgIpc) is 3.26. The highest BCUT2D eigenvalue weighted by molar-refractivity contribution is 7.99. The number of thioether (sulfide) groups is 1. The summed E-state index contributed by atoms with van der Waals surface area (Å²) in [4.78, 5) is 12.5. The number of nitrogens with one attached hydrogen (secondary N) is 1. The van der Waals surface area contributed by atoms with Gasteiger partial charge in [0.2, 0.25) is 5.91 Å². The normalized spacial score (nSPS) is 10.6. The largest absolute Gasteiger partial charge is 0.497 e. The lowest BCUT2D eigenvalue weighted by Crippen LogP contribution is -2.15. The number of aromatic nitrogens is 3. The van der Waals surface area contributed by atoms with Gasteiger partial charge in [-0.15, -0.1) is 10.2 Å². The van der Waals surface area contributed by atoms with E-state index in [0.29, 0.717) is 27.4 Å². The molecule has 4 rings (SSSR count). The van der Waals surface area contributed by atoms with Gasteiger partial charge < -0.3 is 14.8 Å². The molecule has 3 aromatic carbocycles. The first-order chi connectivity index (χ1) is 16.1. The molecule has 1 N–H and O–H groups in total. The molecule has 0 fully saturated rings. The number of hydrogen-bond acceptors (Lipinski definition) is 6. The molecule has 0 radical (unpaired) electrons. The van der Waals surface area contributed by atoms with Crippen LogP contribution in [0.25, 0.3) is 5.69 Å². The third-order valence-corrected chi connectivity index (χ3v) is 5.86. The minimum Gasteiger partial charge on any atom is -0.497 e. The lowest BCUT2D eigenvalue weighted by Gasteiger charge is -2.12. The van der Waals surface area contributed by atoms with Gasteiger partial charge in [-0.05, 0) is 36.4 Å². The van der Waals surface area contributed by atoms with E-state index in [1.807, 2.05) is 71.3 Å². The average molecular weight is 481 g/mol. The summed E-state index contributed by atoms with van der Waals surface area (Å²) >= 11 is 7.40. The van der Waals surface area contributed by atoms with Gasteiger partial charge in [0, 0.05) is 6.07 Å². The minimum atomic E-state index is -0.199. The molecule has 1 heterocycles. The van der Waals surface area contributed by atoms with Crippen molar-refractivity contribution in [2.45, 2.75) is 11.8 Å². The molecule has 0 spiro atoms. The highest BCUT2D eigenvalue weighted by atomic mass is 35.5. The van der Waals surface area contributed by atoms with Crippen molar-refractivity contribution in [1.29, 1.82) is 0 Å². The molecule has 0 aliphatic heterocycles. The van der Waals surface area contributed by atoms with Crippen LogP contribution < -0.4 is 14.8 Å². The fourth-order valence-corrected chi connectivity index (χ4v) is 3.99. The first kappa shape index (κ1) is 22.7. The van der Waals surface area contributed by atoms with Gasteiger partial charge in [-0.2, -0.15) is 0 Å². The maximum absolute atomic E-state index is 12.5. The van der Waals surface area contributed by atoms with Gasteiger partial charge in [-0.1, -0.05) is 59.8 Å². The van der Waals surface area contributed by atoms with Gasteiger partial charge in [-0.3, -0.25) is 9.36 Å². The van der Waals surface area contributed by atoms with E-state index in [2.05, 4.69) is 15.5 Å². The Morgan fingerprint density at radius 2 is 1.76 bits per heavy atom. The van der Waals surface area contributed by atoms with E-state index in [4.69, 9.17) is 21.1 Å². The maximum atomic E-state index is 12.5. The Morgan fingerprint density at radius 3 is 2.55 bits per heavy atom. The molecule has 33 heavy (non-hydrogen) atoms. The first-order valence-corrected chi connectivity index (χ1v) is 11.4. The van der Waals surface area contributed by atoms with E-state index < -0.39 is 0 Å². The Morgan fingerprint density at radius 1 is 1.00 bits per heavy atom. The van der Waals surface area contributed by atoms with Crippen LogP contribution in [0.4, 0.5) is 5.69 Å². The summed E-state index contributed by atoms with van der Waals surface area (Å²) in [5.41, 5.74) is 1.37. The molecule has 7 nitrogen and oxygen atoms in total. The molecule has 0 saturated heterocycles. The molecule has 1 amide bonds. The van der Waals surface area contributed by atoms with Gasteiger partial charge in [0.15, 0.2) is 11.0 Å². The molecule has 1 aromatic heterocycles. The predicted molar refractivity (Wildman–Crippen MR) is 129 cm³/mol. The molecule has 0 saturated carbocycles. The van der Waals surface area contributed by atoms with Crippen molar-refractivity contribution < 1.29 is 14.3 Å². The first-order valence-electron chi connectivity index (χ1n) is 10.1. The van der Waals surface area contributed by atoms with Crippen LogP contribution in [0.3, 0.4) is 0 Å². The summed E-state index contributed by atoms with van der Waals surface area (Å²) in [5, 5.41) is 12.5. The Labute approximate surface area is 200 Å². The zero-order chi connectivity index (χ0) is 23.0. The zero-order valence-electron chi connectivity index (χ0n) is 17.8. The van der Waals surface area contributed by atoms with Crippen LogP contribution >= 0.6 is 23.4 Å². The highest BCUT2D eigenvalue weighted by Gasteiger charge is 2.17. The number of rotatable bonds is 9. The summed E-state index contributed by atoms with van der Waals surface area (Å²) in [6.45, 7) is 0.209. The number of carbonyl (C=O) groups excluding carboxylic acids is 1. The molecule has 4 aromatic rings. The zero-order valence-corrected chi connectivity index (χ0v) is 19.3. The van der Waals surface area contributed by atoms with E-state index in [1.165, 1.54) is 11.8 Å². The Hall–Kier alpha value is -3.49. The number of methoxy groups -OCH3 is 1. The smallest absolute Gasteiger partial charge is 0.234 e. The van der Waals surface area contributed by atoms with Crippen LogP contribution in [0.15, 0.2) is 84.0 Å². The summed E-state index contributed by atoms with van der Waals surface area (Å²) in [6.07, 6.45) is 0. The van der Waals surface area contributed by atoms with Gasteiger partial charge in [-0.25, -0.2) is 0 Å². The van der Waals surface area contributed by atoms with Crippen molar-refractivity contribution >= 4 is 35.0 Å². The van der Waals surface area contributed by atoms with Crippen LogP contribution in [0.1, 0.15) is 5.82 Å². The second-order valence-electron chi connectivity index (χ2n) is 6.85. The second-order valence-corrected chi connectivity index (χ2v) is 8.20. The minimum absolute atomic E-state index is 0.132. The van der Waals surface area contributed by atoms with Crippen LogP contribution in [-0.2, 0) is 11.4 Å². The topological polar surface area (TPSA) is 78.3 Å². The third kappa shape index (κ3) is 5.85.